The molecule has 0 heterocycles. The molecule has 0 radical (unpaired) electrons. The van der Waals surface area contributed by atoms with Crippen LogP contribution in [0.1, 0.15) is 13.3 Å². The molecule has 1 atom stereocenters. The van der Waals surface area contributed by atoms with Crippen molar-refractivity contribution in [1.82, 2.24) is 0 Å². The lowest BCUT2D eigenvalue weighted by Gasteiger charge is -2.09. The van der Waals surface area contributed by atoms with E-state index in [-0.39, 0.29) is 18.3 Å². The Bertz CT molecular complexity index is 316. The van der Waals surface area contributed by atoms with Crippen molar-refractivity contribution in [2.24, 2.45) is 5.73 Å². The summed E-state index contributed by atoms with van der Waals surface area (Å²) in [6.45, 7) is 1.89. The molecule has 0 unspecified atom stereocenters. The van der Waals surface area contributed by atoms with Crippen molar-refractivity contribution < 1.29 is 4.79 Å². The third-order valence-electron chi connectivity index (χ3n) is 1.89. The van der Waals surface area contributed by atoms with Gasteiger partial charge in [-0.25, -0.2) is 0 Å². The fourth-order valence-corrected chi connectivity index (χ4v) is 1.31. The average Bonchev–Trinajstić information content (AvgIpc) is 2.20. The zero-order chi connectivity index (χ0) is 10.6. The summed E-state index contributed by atoms with van der Waals surface area (Å²) in [5.74, 6) is -0.131. The molecule has 0 spiro atoms. The van der Waals surface area contributed by atoms with E-state index in [2.05, 4.69) is 27.9 Å². The first kappa shape index (κ1) is 14.7. The summed E-state index contributed by atoms with van der Waals surface area (Å²) in [5, 5.41) is 2.75. The molecule has 0 aliphatic rings. The zero-order valence-electron chi connectivity index (χ0n) is 8.37. The Balaban J connectivity index is 0.00000196. The van der Waals surface area contributed by atoms with E-state index in [0.29, 0.717) is 6.42 Å². The van der Waals surface area contributed by atoms with Crippen molar-refractivity contribution in [3.63, 3.8) is 0 Å². The zero-order valence-corrected chi connectivity index (χ0v) is 11.3. The fraction of sp³-hybridized carbons (Fsp3) is 0.300. The van der Waals surface area contributed by atoms with Gasteiger partial charge in [-0.05, 0) is 53.3 Å². The molecule has 0 saturated carbocycles. The van der Waals surface area contributed by atoms with Gasteiger partial charge in [0.2, 0.25) is 5.91 Å². The quantitative estimate of drug-likeness (QED) is 0.830. The summed E-state index contributed by atoms with van der Waals surface area (Å²) in [6, 6.07) is 7.18. The van der Waals surface area contributed by atoms with Gasteiger partial charge in [-0.2, -0.15) is 0 Å². The monoisotopic (exact) mass is 340 g/mol. The molecule has 3 N–H and O–H groups in total. The maximum atomic E-state index is 11.4. The molecule has 0 aliphatic heterocycles. The number of carbonyl (C=O) groups is 1. The van der Waals surface area contributed by atoms with E-state index < -0.39 is 6.04 Å². The van der Waals surface area contributed by atoms with Gasteiger partial charge in [-0.15, -0.1) is 12.4 Å². The number of nitrogens with one attached hydrogen (secondary N) is 1. The molecular weight excluding hydrogens is 326 g/mol. The Hall–Kier alpha value is -0.330. The highest BCUT2D eigenvalue weighted by atomic mass is 127. The van der Waals surface area contributed by atoms with E-state index in [1.807, 2.05) is 31.2 Å². The molecule has 1 aromatic carbocycles. The number of nitrogens with two attached hydrogens (primary N) is 1. The number of rotatable bonds is 3. The second kappa shape index (κ2) is 7.03. The summed E-state index contributed by atoms with van der Waals surface area (Å²) in [5.41, 5.74) is 6.37. The molecule has 0 saturated heterocycles. The van der Waals surface area contributed by atoms with Crippen LogP contribution in [0.2, 0.25) is 0 Å². The van der Waals surface area contributed by atoms with Gasteiger partial charge in [0.05, 0.1) is 6.04 Å². The number of amides is 1. The van der Waals surface area contributed by atoms with Crippen LogP contribution in [-0.4, -0.2) is 11.9 Å². The molecule has 0 fully saturated rings. The lowest BCUT2D eigenvalue weighted by atomic mass is 10.2. The highest BCUT2D eigenvalue weighted by molar-refractivity contribution is 14.1. The van der Waals surface area contributed by atoms with Gasteiger partial charge in [0.15, 0.2) is 0 Å². The summed E-state index contributed by atoms with van der Waals surface area (Å²) in [4.78, 5) is 11.4. The Morgan fingerprint density at radius 3 is 2.47 bits per heavy atom. The van der Waals surface area contributed by atoms with Gasteiger partial charge in [0.25, 0.3) is 0 Å². The third-order valence-corrected chi connectivity index (χ3v) is 2.61. The molecule has 0 aliphatic carbocycles. The molecule has 5 heteroatoms. The lowest BCUT2D eigenvalue weighted by Crippen LogP contribution is -2.34. The smallest absolute Gasteiger partial charge is 0.241 e. The highest BCUT2D eigenvalue weighted by Crippen LogP contribution is 2.11. The Labute approximate surface area is 109 Å². The molecule has 1 rings (SSSR count). The maximum Gasteiger partial charge on any atom is 0.241 e. The van der Waals surface area contributed by atoms with Gasteiger partial charge in [-0.1, -0.05) is 6.92 Å². The third kappa shape index (κ3) is 4.81. The van der Waals surface area contributed by atoms with Crippen LogP contribution in [0.15, 0.2) is 24.3 Å². The normalized spacial score (nSPS) is 11.4. The minimum atomic E-state index is -0.422. The Morgan fingerprint density at radius 2 is 2.00 bits per heavy atom. The molecule has 3 nitrogen and oxygen atoms in total. The number of halogens is 2. The minimum absolute atomic E-state index is 0. The van der Waals surface area contributed by atoms with Crippen LogP contribution in [0.25, 0.3) is 0 Å². The number of hydrogen-bond acceptors (Lipinski definition) is 2. The standard InChI is InChI=1S/C10H13IN2O.ClH/c1-2-9(12)10(14)13-8-5-3-7(11)4-6-8;/h3-6,9H,2,12H2,1H3,(H,13,14);1H/t9-;/m0./s1. The first-order valence-corrected chi connectivity index (χ1v) is 5.53. The second-order valence-corrected chi connectivity index (χ2v) is 4.26. The number of hydrogen-bond donors (Lipinski definition) is 2. The fourth-order valence-electron chi connectivity index (χ4n) is 0.954. The van der Waals surface area contributed by atoms with Crippen LogP contribution in [-0.2, 0) is 4.79 Å². The van der Waals surface area contributed by atoms with Gasteiger partial charge >= 0.3 is 0 Å². The van der Waals surface area contributed by atoms with Crippen molar-refractivity contribution in [2.75, 3.05) is 5.32 Å². The van der Waals surface area contributed by atoms with E-state index in [4.69, 9.17) is 5.73 Å². The molecule has 84 valence electrons. The SMILES string of the molecule is CC[C@H](N)C(=O)Nc1ccc(I)cc1.Cl. The first-order valence-electron chi connectivity index (χ1n) is 4.45. The molecule has 1 amide bonds. The highest BCUT2D eigenvalue weighted by Gasteiger charge is 2.10. The molecule has 15 heavy (non-hydrogen) atoms. The molecule has 1 aromatic rings. The predicted octanol–water partition coefficient (Wildman–Crippen LogP) is 2.39. The van der Waals surface area contributed by atoms with Crippen LogP contribution >= 0.6 is 35.0 Å². The maximum absolute atomic E-state index is 11.4. The van der Waals surface area contributed by atoms with Crippen LogP contribution in [0.5, 0.6) is 0 Å². The summed E-state index contributed by atoms with van der Waals surface area (Å²) >= 11 is 2.21. The average molecular weight is 341 g/mol. The largest absolute Gasteiger partial charge is 0.325 e. The number of carbonyl (C=O) groups excluding carboxylic acids is 1. The van der Waals surface area contributed by atoms with E-state index in [0.717, 1.165) is 9.26 Å². The predicted molar refractivity (Wildman–Crippen MR) is 73.3 cm³/mol. The summed E-state index contributed by atoms with van der Waals surface area (Å²) in [6.07, 6.45) is 0.649. The number of anilines is 1. The van der Waals surface area contributed by atoms with Crippen molar-refractivity contribution >= 4 is 46.6 Å². The lowest BCUT2D eigenvalue weighted by molar-refractivity contribution is -0.117. The van der Waals surface area contributed by atoms with E-state index in [1.54, 1.807) is 0 Å². The van der Waals surface area contributed by atoms with Crippen LogP contribution in [0.3, 0.4) is 0 Å². The first-order chi connectivity index (χ1) is 6.63. The van der Waals surface area contributed by atoms with Crippen molar-refractivity contribution in [2.45, 2.75) is 19.4 Å². The van der Waals surface area contributed by atoms with Crippen LogP contribution < -0.4 is 11.1 Å². The van der Waals surface area contributed by atoms with Gasteiger partial charge < -0.3 is 11.1 Å². The van der Waals surface area contributed by atoms with Crippen molar-refractivity contribution in [1.29, 1.82) is 0 Å². The van der Waals surface area contributed by atoms with E-state index in [1.165, 1.54) is 0 Å². The molecular formula is C10H14ClIN2O. The van der Waals surface area contributed by atoms with E-state index in [9.17, 15) is 4.79 Å². The van der Waals surface area contributed by atoms with E-state index >= 15 is 0 Å². The summed E-state index contributed by atoms with van der Waals surface area (Å²) in [7, 11) is 0. The van der Waals surface area contributed by atoms with Gasteiger partial charge in [0.1, 0.15) is 0 Å². The second-order valence-electron chi connectivity index (χ2n) is 3.01. The minimum Gasteiger partial charge on any atom is -0.325 e. The Morgan fingerprint density at radius 1 is 1.47 bits per heavy atom. The summed E-state index contributed by atoms with van der Waals surface area (Å²) < 4.78 is 1.14. The van der Waals surface area contributed by atoms with Gasteiger partial charge in [0, 0.05) is 9.26 Å². The van der Waals surface area contributed by atoms with Crippen molar-refractivity contribution in [3.8, 4) is 0 Å². The van der Waals surface area contributed by atoms with Crippen molar-refractivity contribution in [3.05, 3.63) is 27.8 Å². The van der Waals surface area contributed by atoms with Crippen LogP contribution in [0.4, 0.5) is 5.69 Å². The topological polar surface area (TPSA) is 55.1 Å². The van der Waals surface area contributed by atoms with Crippen LogP contribution in [0, 0.1) is 3.57 Å². The molecule has 0 bridgehead atoms. The Kier molecular flexibility index (Phi) is 6.87. The van der Waals surface area contributed by atoms with Gasteiger partial charge in [-0.3, -0.25) is 4.79 Å². The molecule has 0 aromatic heterocycles. The number of benzene rings is 1.